The maximum Gasteiger partial charge on any atom is 0.160 e. The van der Waals surface area contributed by atoms with Gasteiger partial charge in [0.2, 0.25) is 0 Å². The standard InChI is InChI=1S/C12H11ClN2/c1-7-10(13)9-3-2-6-14-12(9)15-11(7)8-4-5-8/h2-3,6,8H,4-5H2,1H3. The highest BCUT2D eigenvalue weighted by atomic mass is 35.5. The lowest BCUT2D eigenvalue weighted by molar-refractivity contribution is 1.01. The van der Waals surface area contributed by atoms with Gasteiger partial charge in [-0.3, -0.25) is 0 Å². The fourth-order valence-corrected chi connectivity index (χ4v) is 2.17. The smallest absolute Gasteiger partial charge is 0.160 e. The monoisotopic (exact) mass is 218 g/mol. The Kier molecular flexibility index (Phi) is 1.93. The van der Waals surface area contributed by atoms with E-state index in [1.165, 1.54) is 12.8 Å². The molecule has 1 fully saturated rings. The van der Waals surface area contributed by atoms with Gasteiger partial charge in [-0.25, -0.2) is 9.97 Å². The van der Waals surface area contributed by atoms with Crippen LogP contribution < -0.4 is 0 Å². The Morgan fingerprint density at radius 3 is 2.93 bits per heavy atom. The minimum atomic E-state index is 0.619. The summed E-state index contributed by atoms with van der Waals surface area (Å²) in [7, 11) is 0. The molecule has 0 aliphatic heterocycles. The van der Waals surface area contributed by atoms with Crippen LogP contribution in [0.5, 0.6) is 0 Å². The number of nitrogens with zero attached hydrogens (tertiary/aromatic N) is 2. The molecular weight excluding hydrogens is 208 g/mol. The van der Waals surface area contributed by atoms with E-state index in [-0.39, 0.29) is 0 Å². The molecule has 76 valence electrons. The number of rotatable bonds is 1. The Hall–Kier alpha value is -1.15. The van der Waals surface area contributed by atoms with Crippen LogP contribution >= 0.6 is 11.6 Å². The average Bonchev–Trinajstić information content (AvgIpc) is 3.07. The van der Waals surface area contributed by atoms with Gasteiger partial charge in [0.25, 0.3) is 0 Å². The number of hydrogen-bond acceptors (Lipinski definition) is 2. The van der Waals surface area contributed by atoms with Crippen molar-refractivity contribution in [2.45, 2.75) is 25.7 Å². The molecule has 3 rings (SSSR count). The highest BCUT2D eigenvalue weighted by Gasteiger charge is 2.28. The summed E-state index contributed by atoms with van der Waals surface area (Å²) in [6, 6.07) is 3.87. The second kappa shape index (κ2) is 3.17. The van der Waals surface area contributed by atoms with E-state index in [4.69, 9.17) is 11.6 Å². The second-order valence-corrected chi connectivity index (χ2v) is 4.46. The zero-order valence-corrected chi connectivity index (χ0v) is 9.25. The average molecular weight is 219 g/mol. The van der Waals surface area contributed by atoms with E-state index in [9.17, 15) is 0 Å². The number of halogens is 1. The Balaban J connectivity index is 2.34. The van der Waals surface area contributed by atoms with Crippen LogP contribution in [-0.2, 0) is 0 Å². The van der Waals surface area contributed by atoms with Gasteiger partial charge in [0.1, 0.15) is 0 Å². The van der Waals surface area contributed by atoms with Gasteiger partial charge in [-0.05, 0) is 37.5 Å². The van der Waals surface area contributed by atoms with Crippen molar-refractivity contribution in [3.05, 3.63) is 34.6 Å². The van der Waals surface area contributed by atoms with Crippen LogP contribution in [0, 0.1) is 6.92 Å². The molecule has 15 heavy (non-hydrogen) atoms. The van der Waals surface area contributed by atoms with E-state index >= 15 is 0 Å². The third-order valence-electron chi connectivity index (χ3n) is 2.93. The van der Waals surface area contributed by atoms with Crippen molar-refractivity contribution in [1.82, 2.24) is 9.97 Å². The van der Waals surface area contributed by atoms with E-state index in [2.05, 4.69) is 16.9 Å². The molecular formula is C12H11ClN2. The van der Waals surface area contributed by atoms with Crippen LogP contribution in [0.2, 0.25) is 5.02 Å². The molecule has 1 aliphatic rings. The summed E-state index contributed by atoms with van der Waals surface area (Å²) in [5.74, 6) is 0.619. The fourth-order valence-electron chi connectivity index (χ4n) is 1.92. The summed E-state index contributed by atoms with van der Waals surface area (Å²) >= 11 is 6.32. The molecule has 0 saturated heterocycles. The van der Waals surface area contributed by atoms with Crippen LogP contribution in [-0.4, -0.2) is 9.97 Å². The molecule has 0 atom stereocenters. The summed E-state index contributed by atoms with van der Waals surface area (Å²) in [5, 5.41) is 1.77. The minimum absolute atomic E-state index is 0.619. The molecule has 0 amide bonds. The van der Waals surface area contributed by atoms with Crippen molar-refractivity contribution in [3.8, 4) is 0 Å². The van der Waals surface area contributed by atoms with Crippen molar-refractivity contribution in [3.63, 3.8) is 0 Å². The predicted molar refractivity (Wildman–Crippen MR) is 61.3 cm³/mol. The van der Waals surface area contributed by atoms with Crippen LogP contribution in [0.3, 0.4) is 0 Å². The molecule has 0 radical (unpaired) electrons. The Morgan fingerprint density at radius 2 is 2.20 bits per heavy atom. The Labute approximate surface area is 93.3 Å². The van der Waals surface area contributed by atoms with E-state index in [0.29, 0.717) is 5.92 Å². The van der Waals surface area contributed by atoms with Gasteiger partial charge in [-0.1, -0.05) is 11.6 Å². The third-order valence-corrected chi connectivity index (χ3v) is 3.41. The molecule has 0 unspecified atom stereocenters. The number of aromatic nitrogens is 2. The SMILES string of the molecule is Cc1c(C2CC2)nc2ncccc2c1Cl. The normalized spacial score (nSPS) is 15.9. The first kappa shape index (κ1) is 9.10. The molecule has 2 nitrogen and oxygen atoms in total. The molecule has 1 saturated carbocycles. The molecule has 1 aliphatic carbocycles. The number of hydrogen-bond donors (Lipinski definition) is 0. The Bertz CT molecular complexity index is 532. The fraction of sp³-hybridized carbons (Fsp3) is 0.333. The lowest BCUT2D eigenvalue weighted by Crippen LogP contribution is -1.95. The first-order valence-corrected chi connectivity index (χ1v) is 5.56. The van der Waals surface area contributed by atoms with Crippen LogP contribution in [0.15, 0.2) is 18.3 Å². The molecule has 2 aromatic rings. The van der Waals surface area contributed by atoms with E-state index in [1.807, 2.05) is 12.1 Å². The van der Waals surface area contributed by atoms with Gasteiger partial charge >= 0.3 is 0 Å². The van der Waals surface area contributed by atoms with Crippen LogP contribution in [0.4, 0.5) is 0 Å². The lowest BCUT2D eigenvalue weighted by Gasteiger charge is -2.08. The first-order chi connectivity index (χ1) is 7.27. The highest BCUT2D eigenvalue weighted by molar-refractivity contribution is 6.36. The quantitative estimate of drug-likeness (QED) is 0.733. The van der Waals surface area contributed by atoms with Crippen LogP contribution in [0.25, 0.3) is 11.0 Å². The lowest BCUT2D eigenvalue weighted by atomic mass is 10.1. The van der Waals surface area contributed by atoms with Gasteiger partial charge in [0, 0.05) is 17.5 Å². The van der Waals surface area contributed by atoms with Crippen LogP contribution in [0.1, 0.15) is 30.0 Å². The molecule has 0 N–H and O–H groups in total. The molecule has 0 spiro atoms. The maximum atomic E-state index is 6.32. The molecule has 2 heterocycles. The summed E-state index contributed by atoms with van der Waals surface area (Å²) in [6.07, 6.45) is 4.24. The summed E-state index contributed by atoms with van der Waals surface area (Å²) in [4.78, 5) is 8.86. The summed E-state index contributed by atoms with van der Waals surface area (Å²) < 4.78 is 0. The molecule has 0 bridgehead atoms. The first-order valence-electron chi connectivity index (χ1n) is 5.18. The predicted octanol–water partition coefficient (Wildman–Crippen LogP) is 3.47. The van der Waals surface area contributed by atoms with Crippen molar-refractivity contribution >= 4 is 22.6 Å². The number of pyridine rings is 2. The van der Waals surface area contributed by atoms with Gasteiger partial charge < -0.3 is 0 Å². The molecule has 3 heteroatoms. The van der Waals surface area contributed by atoms with Crippen molar-refractivity contribution in [2.24, 2.45) is 0 Å². The largest absolute Gasteiger partial charge is 0.237 e. The maximum absolute atomic E-state index is 6.32. The Morgan fingerprint density at radius 1 is 1.40 bits per heavy atom. The zero-order chi connectivity index (χ0) is 10.4. The van der Waals surface area contributed by atoms with Gasteiger partial charge in [-0.2, -0.15) is 0 Å². The van der Waals surface area contributed by atoms with Crippen molar-refractivity contribution in [1.29, 1.82) is 0 Å². The van der Waals surface area contributed by atoms with Crippen molar-refractivity contribution in [2.75, 3.05) is 0 Å². The van der Waals surface area contributed by atoms with E-state index in [1.54, 1.807) is 6.20 Å². The topological polar surface area (TPSA) is 25.8 Å². The van der Waals surface area contributed by atoms with Gasteiger partial charge in [-0.15, -0.1) is 0 Å². The summed E-state index contributed by atoms with van der Waals surface area (Å²) in [6.45, 7) is 2.05. The number of fused-ring (bicyclic) bond motifs is 1. The zero-order valence-electron chi connectivity index (χ0n) is 8.50. The second-order valence-electron chi connectivity index (χ2n) is 4.08. The van der Waals surface area contributed by atoms with Crippen molar-refractivity contribution < 1.29 is 0 Å². The van der Waals surface area contributed by atoms with E-state index in [0.717, 1.165) is 27.3 Å². The van der Waals surface area contributed by atoms with Gasteiger partial charge in [0.15, 0.2) is 5.65 Å². The minimum Gasteiger partial charge on any atom is -0.237 e. The summed E-state index contributed by atoms with van der Waals surface area (Å²) in [5.41, 5.74) is 3.04. The third kappa shape index (κ3) is 1.40. The van der Waals surface area contributed by atoms with Gasteiger partial charge in [0.05, 0.1) is 10.7 Å². The van der Waals surface area contributed by atoms with E-state index < -0.39 is 0 Å². The highest BCUT2D eigenvalue weighted by Crippen LogP contribution is 2.42. The molecule has 0 aromatic carbocycles. The molecule has 2 aromatic heterocycles.